The minimum Gasteiger partial charge on any atom is -0.494 e. The van der Waals surface area contributed by atoms with Gasteiger partial charge in [0.2, 0.25) is 5.91 Å². The third-order valence-electron chi connectivity index (χ3n) is 4.62. The fraction of sp³-hybridized carbons (Fsp3) is 0.391. The van der Waals surface area contributed by atoms with Gasteiger partial charge in [-0.1, -0.05) is 38.1 Å². The van der Waals surface area contributed by atoms with Crippen molar-refractivity contribution in [3.8, 4) is 5.75 Å². The van der Waals surface area contributed by atoms with Crippen LogP contribution in [0.25, 0.3) is 0 Å². The van der Waals surface area contributed by atoms with Gasteiger partial charge in [-0.2, -0.15) is 0 Å². The molecule has 1 atom stereocenters. The van der Waals surface area contributed by atoms with Crippen molar-refractivity contribution in [3.63, 3.8) is 0 Å². The summed E-state index contributed by atoms with van der Waals surface area (Å²) in [5, 5.41) is 5.80. The van der Waals surface area contributed by atoms with Crippen molar-refractivity contribution in [2.45, 2.75) is 40.2 Å². The minimum absolute atomic E-state index is 0.0230. The summed E-state index contributed by atoms with van der Waals surface area (Å²) in [6, 6.07) is 14.5. The summed E-state index contributed by atoms with van der Waals surface area (Å²) in [6.07, 6.45) is 0.760. The quantitative estimate of drug-likeness (QED) is 0.697. The lowest BCUT2D eigenvalue weighted by molar-refractivity contribution is -0.123. The molecule has 5 nitrogen and oxygen atoms in total. The second kappa shape index (κ2) is 10.5. The molecule has 2 aromatic carbocycles. The minimum atomic E-state index is -0.587. The summed E-state index contributed by atoms with van der Waals surface area (Å²) in [5.41, 5.74) is 2.92. The van der Waals surface area contributed by atoms with E-state index in [-0.39, 0.29) is 17.7 Å². The van der Waals surface area contributed by atoms with Gasteiger partial charge in [0.05, 0.1) is 6.61 Å². The van der Waals surface area contributed by atoms with Gasteiger partial charge in [-0.3, -0.25) is 9.59 Å². The van der Waals surface area contributed by atoms with Crippen molar-refractivity contribution in [3.05, 3.63) is 65.2 Å². The van der Waals surface area contributed by atoms with Gasteiger partial charge < -0.3 is 15.4 Å². The third-order valence-corrected chi connectivity index (χ3v) is 4.62. The van der Waals surface area contributed by atoms with Crippen molar-refractivity contribution in [2.24, 2.45) is 5.92 Å². The number of benzene rings is 2. The standard InChI is InChI=1S/C23H30N2O3/c1-5-28-20-12-10-19(11-13-20)22(26)25-21(16(2)3)23(27)24-15-14-18-9-7-6-8-17(18)4/h6-13,16,21H,5,14-15H2,1-4H3,(H,24,27)(H,25,26)/t21-/m0/s1. The molecule has 0 radical (unpaired) electrons. The van der Waals surface area contributed by atoms with Gasteiger partial charge in [0.15, 0.2) is 0 Å². The highest BCUT2D eigenvalue weighted by atomic mass is 16.5. The van der Waals surface area contributed by atoms with Crippen molar-refractivity contribution in [1.82, 2.24) is 10.6 Å². The summed E-state index contributed by atoms with van der Waals surface area (Å²) in [4.78, 5) is 25.2. The molecule has 0 unspecified atom stereocenters. The van der Waals surface area contributed by atoms with Crippen molar-refractivity contribution >= 4 is 11.8 Å². The monoisotopic (exact) mass is 382 g/mol. The summed E-state index contributed by atoms with van der Waals surface area (Å²) in [6.45, 7) is 8.92. The van der Waals surface area contributed by atoms with Crippen LogP contribution in [0.5, 0.6) is 5.75 Å². The maximum Gasteiger partial charge on any atom is 0.251 e. The molecular weight excluding hydrogens is 352 g/mol. The highest BCUT2D eigenvalue weighted by Gasteiger charge is 2.24. The molecule has 2 amide bonds. The predicted molar refractivity (Wildman–Crippen MR) is 112 cm³/mol. The Kier molecular flexibility index (Phi) is 8.05. The Balaban J connectivity index is 1.93. The summed E-state index contributed by atoms with van der Waals surface area (Å²) in [7, 11) is 0. The first kappa shape index (κ1) is 21.5. The summed E-state index contributed by atoms with van der Waals surface area (Å²) in [5.74, 6) is 0.261. The first-order valence-corrected chi connectivity index (χ1v) is 9.78. The normalized spacial score (nSPS) is 11.8. The van der Waals surface area contributed by atoms with E-state index >= 15 is 0 Å². The van der Waals surface area contributed by atoms with Crippen LogP contribution >= 0.6 is 0 Å². The highest BCUT2D eigenvalue weighted by Crippen LogP contribution is 2.13. The van der Waals surface area contributed by atoms with Crippen LogP contribution < -0.4 is 15.4 Å². The van der Waals surface area contributed by atoms with E-state index in [1.54, 1.807) is 24.3 Å². The van der Waals surface area contributed by atoms with E-state index in [1.165, 1.54) is 11.1 Å². The molecule has 5 heteroatoms. The van der Waals surface area contributed by atoms with Gasteiger partial charge in [-0.15, -0.1) is 0 Å². The Labute approximate surface area is 167 Å². The molecule has 0 bridgehead atoms. The number of ether oxygens (including phenoxy) is 1. The number of amides is 2. The van der Waals surface area contributed by atoms with E-state index in [0.29, 0.717) is 24.5 Å². The van der Waals surface area contributed by atoms with Crippen LogP contribution in [0.3, 0.4) is 0 Å². The van der Waals surface area contributed by atoms with Gasteiger partial charge >= 0.3 is 0 Å². The number of carbonyl (C=O) groups excluding carboxylic acids is 2. The Bertz CT molecular complexity index is 785. The smallest absolute Gasteiger partial charge is 0.251 e. The molecule has 2 rings (SSSR count). The lowest BCUT2D eigenvalue weighted by Gasteiger charge is -2.22. The Morgan fingerprint density at radius 2 is 1.71 bits per heavy atom. The van der Waals surface area contributed by atoms with Crippen LogP contribution in [0.4, 0.5) is 0 Å². The Morgan fingerprint density at radius 3 is 2.32 bits per heavy atom. The van der Waals surface area contributed by atoms with Crippen LogP contribution in [-0.4, -0.2) is 31.0 Å². The number of hydrogen-bond acceptors (Lipinski definition) is 3. The predicted octanol–water partition coefficient (Wildman–Crippen LogP) is 3.51. The number of hydrogen-bond donors (Lipinski definition) is 2. The van der Waals surface area contributed by atoms with Crippen molar-refractivity contribution in [2.75, 3.05) is 13.2 Å². The summed E-state index contributed by atoms with van der Waals surface area (Å²) >= 11 is 0. The number of rotatable bonds is 9. The largest absolute Gasteiger partial charge is 0.494 e. The number of carbonyl (C=O) groups is 2. The lowest BCUT2D eigenvalue weighted by Crippen LogP contribution is -2.50. The maximum atomic E-state index is 12.6. The molecule has 28 heavy (non-hydrogen) atoms. The fourth-order valence-electron chi connectivity index (χ4n) is 2.95. The molecule has 0 saturated heterocycles. The van der Waals surface area contributed by atoms with Gasteiger partial charge in [-0.25, -0.2) is 0 Å². The van der Waals surface area contributed by atoms with Crippen LogP contribution in [0.2, 0.25) is 0 Å². The molecule has 0 aromatic heterocycles. The molecule has 0 spiro atoms. The molecular formula is C23H30N2O3. The maximum absolute atomic E-state index is 12.6. The lowest BCUT2D eigenvalue weighted by atomic mass is 10.0. The first-order valence-electron chi connectivity index (χ1n) is 9.78. The summed E-state index contributed by atoms with van der Waals surface area (Å²) < 4.78 is 5.39. The van der Waals surface area contributed by atoms with E-state index < -0.39 is 6.04 Å². The molecule has 0 heterocycles. The second-order valence-electron chi connectivity index (χ2n) is 7.12. The fourth-order valence-corrected chi connectivity index (χ4v) is 2.95. The average molecular weight is 383 g/mol. The van der Waals surface area contributed by atoms with Crippen molar-refractivity contribution in [1.29, 1.82) is 0 Å². The van der Waals surface area contributed by atoms with Crippen LogP contribution in [0, 0.1) is 12.8 Å². The first-order chi connectivity index (χ1) is 13.4. The molecule has 0 aliphatic carbocycles. The van der Waals surface area contributed by atoms with E-state index in [0.717, 1.165) is 6.42 Å². The molecule has 2 aromatic rings. The van der Waals surface area contributed by atoms with E-state index in [9.17, 15) is 9.59 Å². The topological polar surface area (TPSA) is 67.4 Å². The van der Waals surface area contributed by atoms with E-state index in [2.05, 4.69) is 29.7 Å². The van der Waals surface area contributed by atoms with Gasteiger partial charge in [-0.05, 0) is 61.6 Å². The zero-order valence-corrected chi connectivity index (χ0v) is 17.1. The van der Waals surface area contributed by atoms with Gasteiger partial charge in [0.25, 0.3) is 5.91 Å². The van der Waals surface area contributed by atoms with Gasteiger partial charge in [0, 0.05) is 12.1 Å². The molecule has 0 saturated carbocycles. The average Bonchev–Trinajstić information content (AvgIpc) is 2.68. The highest BCUT2D eigenvalue weighted by molar-refractivity contribution is 5.97. The molecule has 0 fully saturated rings. The molecule has 2 N–H and O–H groups in total. The molecule has 150 valence electrons. The zero-order valence-electron chi connectivity index (χ0n) is 17.1. The second-order valence-corrected chi connectivity index (χ2v) is 7.12. The molecule has 0 aliphatic rings. The van der Waals surface area contributed by atoms with Gasteiger partial charge in [0.1, 0.15) is 11.8 Å². The van der Waals surface area contributed by atoms with Crippen LogP contribution in [0.15, 0.2) is 48.5 Å². The number of nitrogens with one attached hydrogen (secondary N) is 2. The van der Waals surface area contributed by atoms with Crippen LogP contribution in [-0.2, 0) is 11.2 Å². The third kappa shape index (κ3) is 6.12. The molecule has 0 aliphatic heterocycles. The Morgan fingerprint density at radius 1 is 1.04 bits per heavy atom. The van der Waals surface area contributed by atoms with E-state index in [4.69, 9.17) is 4.74 Å². The SMILES string of the molecule is CCOc1ccc(C(=O)N[C@H](C(=O)NCCc2ccccc2C)C(C)C)cc1. The number of aryl methyl sites for hydroxylation is 1. The van der Waals surface area contributed by atoms with E-state index in [1.807, 2.05) is 32.9 Å². The Hall–Kier alpha value is -2.82. The van der Waals surface area contributed by atoms with Crippen molar-refractivity contribution < 1.29 is 14.3 Å². The zero-order chi connectivity index (χ0) is 20.5. The van der Waals surface area contributed by atoms with Crippen LogP contribution in [0.1, 0.15) is 42.3 Å².